The minimum absolute atomic E-state index is 0.138. The molecule has 1 aromatic carbocycles. The molecule has 3 atom stereocenters. The molecule has 1 saturated heterocycles. The second kappa shape index (κ2) is 6.03. The number of para-hydroxylation sites is 1. The van der Waals surface area contributed by atoms with Crippen LogP contribution >= 0.6 is 0 Å². The van der Waals surface area contributed by atoms with Crippen LogP contribution in [0, 0.1) is 10.1 Å². The van der Waals surface area contributed by atoms with Gasteiger partial charge in [0.25, 0.3) is 5.69 Å². The van der Waals surface area contributed by atoms with Gasteiger partial charge in [0.15, 0.2) is 6.29 Å². The van der Waals surface area contributed by atoms with Crippen molar-refractivity contribution in [3.8, 4) is 0 Å². The Morgan fingerprint density at radius 1 is 1.38 bits per heavy atom. The Kier molecular flexibility index (Phi) is 4.54. The zero-order chi connectivity index (χ0) is 15.6. The summed E-state index contributed by atoms with van der Waals surface area (Å²) in [4.78, 5) is 10.5. The average Bonchev–Trinajstić information content (AvgIpc) is 2.76. The van der Waals surface area contributed by atoms with Crippen molar-refractivity contribution in [3.63, 3.8) is 0 Å². The lowest BCUT2D eigenvalue weighted by Gasteiger charge is -2.16. The lowest BCUT2D eigenvalue weighted by molar-refractivity contribution is -0.386. The van der Waals surface area contributed by atoms with Gasteiger partial charge in [-0.15, -0.1) is 0 Å². The van der Waals surface area contributed by atoms with Gasteiger partial charge in [0.1, 0.15) is 12.2 Å². The average molecular weight is 318 g/mol. The standard InChI is InChI=1S/C11H14N2O7S/c1-7-19-10(6-18-21(12,16)17)11(20-7)8-4-2-3-5-9(8)13(14)15/h2-5,7,10-11H,6H2,1H3,(H2,12,16,17)/t7?,10-,11?/m1/s1. The van der Waals surface area contributed by atoms with Crippen LogP contribution < -0.4 is 5.14 Å². The van der Waals surface area contributed by atoms with Crippen molar-refractivity contribution >= 4 is 16.0 Å². The number of ether oxygens (including phenoxy) is 2. The van der Waals surface area contributed by atoms with Crippen molar-refractivity contribution in [2.24, 2.45) is 5.14 Å². The van der Waals surface area contributed by atoms with E-state index in [0.717, 1.165) is 0 Å². The van der Waals surface area contributed by atoms with Gasteiger partial charge in [-0.25, -0.2) is 5.14 Å². The molecule has 0 bridgehead atoms. The highest BCUT2D eigenvalue weighted by molar-refractivity contribution is 7.84. The summed E-state index contributed by atoms with van der Waals surface area (Å²) in [6, 6.07) is 6.00. The lowest BCUT2D eigenvalue weighted by Crippen LogP contribution is -2.27. The normalized spacial score (nSPS) is 25.9. The van der Waals surface area contributed by atoms with E-state index >= 15 is 0 Å². The molecular formula is C11H14N2O7S. The molecule has 0 aliphatic carbocycles. The van der Waals surface area contributed by atoms with E-state index in [-0.39, 0.29) is 17.9 Å². The molecule has 1 aliphatic rings. The molecule has 0 amide bonds. The summed E-state index contributed by atoms with van der Waals surface area (Å²) in [6.45, 7) is 1.21. The van der Waals surface area contributed by atoms with Crippen molar-refractivity contribution in [2.45, 2.75) is 25.4 Å². The van der Waals surface area contributed by atoms with Crippen molar-refractivity contribution in [2.75, 3.05) is 6.61 Å². The highest BCUT2D eigenvalue weighted by atomic mass is 32.2. The maximum absolute atomic E-state index is 11.0. The molecule has 2 rings (SSSR count). The summed E-state index contributed by atoms with van der Waals surface area (Å²) in [6.07, 6.45) is -2.29. The topological polar surface area (TPSA) is 131 Å². The highest BCUT2D eigenvalue weighted by Gasteiger charge is 2.39. The Morgan fingerprint density at radius 3 is 2.67 bits per heavy atom. The van der Waals surface area contributed by atoms with Crippen molar-refractivity contribution in [3.05, 3.63) is 39.9 Å². The fraction of sp³-hybridized carbons (Fsp3) is 0.455. The monoisotopic (exact) mass is 318 g/mol. The zero-order valence-corrected chi connectivity index (χ0v) is 11.9. The van der Waals surface area contributed by atoms with E-state index in [1.54, 1.807) is 13.0 Å². The fourth-order valence-electron chi connectivity index (χ4n) is 2.10. The molecule has 0 aromatic heterocycles. The molecule has 1 fully saturated rings. The van der Waals surface area contributed by atoms with Crippen molar-refractivity contribution in [1.29, 1.82) is 0 Å². The van der Waals surface area contributed by atoms with Gasteiger partial charge in [-0.1, -0.05) is 12.1 Å². The van der Waals surface area contributed by atoms with Gasteiger partial charge in [0, 0.05) is 6.07 Å². The first kappa shape index (κ1) is 15.8. The molecule has 2 unspecified atom stereocenters. The summed E-state index contributed by atoms with van der Waals surface area (Å²) in [5, 5.41) is 15.8. The van der Waals surface area contributed by atoms with Gasteiger partial charge in [-0.2, -0.15) is 8.42 Å². The van der Waals surface area contributed by atoms with E-state index in [0.29, 0.717) is 0 Å². The van der Waals surface area contributed by atoms with Gasteiger partial charge in [-0.3, -0.25) is 14.3 Å². The van der Waals surface area contributed by atoms with Gasteiger partial charge in [0.05, 0.1) is 17.1 Å². The Labute approximate surface area is 121 Å². The van der Waals surface area contributed by atoms with Crippen LogP contribution in [-0.4, -0.2) is 32.3 Å². The van der Waals surface area contributed by atoms with Crippen LogP contribution in [-0.2, 0) is 24.0 Å². The Bertz CT molecular complexity index is 633. The highest BCUT2D eigenvalue weighted by Crippen LogP contribution is 2.37. The van der Waals surface area contributed by atoms with Gasteiger partial charge >= 0.3 is 10.3 Å². The summed E-state index contributed by atoms with van der Waals surface area (Å²) < 4.78 is 37.0. The second-order valence-corrected chi connectivity index (χ2v) is 5.61. The largest absolute Gasteiger partial charge is 0.344 e. The number of hydrogen-bond donors (Lipinski definition) is 1. The zero-order valence-electron chi connectivity index (χ0n) is 11.0. The molecule has 1 aliphatic heterocycles. The number of nitro groups is 1. The molecule has 0 saturated carbocycles. The first-order valence-electron chi connectivity index (χ1n) is 5.99. The van der Waals surface area contributed by atoms with E-state index < -0.39 is 33.7 Å². The van der Waals surface area contributed by atoms with Gasteiger partial charge < -0.3 is 9.47 Å². The molecule has 10 heteroatoms. The van der Waals surface area contributed by atoms with Gasteiger partial charge in [0.2, 0.25) is 0 Å². The molecule has 0 radical (unpaired) electrons. The van der Waals surface area contributed by atoms with Crippen molar-refractivity contribution < 1.29 is 27.0 Å². The molecule has 9 nitrogen and oxygen atoms in total. The van der Waals surface area contributed by atoms with Crippen molar-refractivity contribution in [1.82, 2.24) is 0 Å². The second-order valence-electron chi connectivity index (χ2n) is 4.39. The predicted molar refractivity (Wildman–Crippen MR) is 70.3 cm³/mol. The lowest BCUT2D eigenvalue weighted by atomic mass is 10.0. The Balaban J connectivity index is 2.26. The molecule has 1 aromatic rings. The van der Waals surface area contributed by atoms with Crippen LogP contribution in [0.1, 0.15) is 18.6 Å². The maximum atomic E-state index is 11.0. The van der Waals surface area contributed by atoms with Crippen LogP contribution in [0.2, 0.25) is 0 Å². The van der Waals surface area contributed by atoms with E-state index in [4.69, 9.17) is 14.6 Å². The van der Waals surface area contributed by atoms with E-state index in [9.17, 15) is 18.5 Å². The van der Waals surface area contributed by atoms with Crippen LogP contribution in [0.15, 0.2) is 24.3 Å². The number of benzene rings is 1. The fourth-order valence-corrected chi connectivity index (χ4v) is 2.42. The minimum Gasteiger partial charge on any atom is -0.344 e. The molecular weight excluding hydrogens is 304 g/mol. The molecule has 116 valence electrons. The third-order valence-corrected chi connectivity index (χ3v) is 3.34. The Hall–Kier alpha value is -1.59. The third-order valence-electron chi connectivity index (χ3n) is 2.88. The first-order valence-corrected chi connectivity index (χ1v) is 7.46. The summed E-state index contributed by atoms with van der Waals surface area (Å²) in [5.41, 5.74) is 0.149. The minimum atomic E-state index is -4.13. The third kappa shape index (κ3) is 3.95. The molecule has 1 heterocycles. The smallest absolute Gasteiger partial charge is 0.333 e. The van der Waals surface area contributed by atoms with E-state index in [2.05, 4.69) is 4.18 Å². The molecule has 2 N–H and O–H groups in total. The number of nitrogens with two attached hydrogens (primary N) is 1. The quantitative estimate of drug-likeness (QED) is 0.621. The van der Waals surface area contributed by atoms with Crippen LogP contribution in [0.5, 0.6) is 0 Å². The molecule has 0 spiro atoms. The maximum Gasteiger partial charge on any atom is 0.333 e. The van der Waals surface area contributed by atoms with Crippen LogP contribution in [0.4, 0.5) is 5.69 Å². The van der Waals surface area contributed by atoms with Crippen LogP contribution in [0.3, 0.4) is 0 Å². The summed E-state index contributed by atoms with van der Waals surface area (Å²) in [5.74, 6) is 0. The summed E-state index contributed by atoms with van der Waals surface area (Å²) in [7, 11) is -4.13. The van der Waals surface area contributed by atoms with E-state index in [1.807, 2.05) is 0 Å². The SMILES string of the molecule is CC1OC(c2ccccc2[N+](=O)[O-])[C@@H](COS(N)(=O)=O)O1. The van der Waals surface area contributed by atoms with Gasteiger partial charge in [-0.05, 0) is 13.0 Å². The number of hydrogen-bond acceptors (Lipinski definition) is 7. The van der Waals surface area contributed by atoms with Crippen LogP contribution in [0.25, 0.3) is 0 Å². The Morgan fingerprint density at radius 2 is 2.05 bits per heavy atom. The number of nitro benzene ring substituents is 1. The predicted octanol–water partition coefficient (Wildman–Crippen LogP) is 0.617. The summed E-state index contributed by atoms with van der Waals surface area (Å²) >= 11 is 0. The van der Waals surface area contributed by atoms with E-state index in [1.165, 1.54) is 18.2 Å². The number of nitrogens with zero attached hydrogens (tertiary/aromatic N) is 1. The first-order chi connectivity index (χ1) is 9.78. The molecule has 21 heavy (non-hydrogen) atoms. The number of rotatable bonds is 5.